The number of allylic oxidation sites excluding steroid dienone is 1. The number of alkyl halides is 3. The molecule has 0 bridgehead atoms. The van der Waals surface area contributed by atoms with Gasteiger partial charge in [0.1, 0.15) is 11.6 Å². The standard InChI is InChI=1S/C17H18F3N3O/c1-3-10-6-11-13(7-10)22-15(17(18,19)20)12(8-21)14(11)23-5-4-16(2,24)9-23/h7,24H,3-6,9H2,1-2H3. The minimum atomic E-state index is -4.69. The topological polar surface area (TPSA) is 60.2 Å². The maximum Gasteiger partial charge on any atom is 0.434 e. The molecule has 1 fully saturated rings. The molecule has 2 heterocycles. The highest BCUT2D eigenvalue weighted by Crippen LogP contribution is 2.43. The number of nitriles is 1. The van der Waals surface area contributed by atoms with Crippen LogP contribution in [0.2, 0.25) is 0 Å². The molecule has 0 saturated carbocycles. The Morgan fingerprint density at radius 3 is 2.67 bits per heavy atom. The van der Waals surface area contributed by atoms with Gasteiger partial charge in [0.15, 0.2) is 5.69 Å². The number of aromatic nitrogens is 1. The molecule has 1 saturated heterocycles. The predicted molar refractivity (Wildman–Crippen MR) is 83.4 cm³/mol. The second-order valence-electron chi connectivity index (χ2n) is 6.66. The van der Waals surface area contributed by atoms with Gasteiger partial charge in [0.25, 0.3) is 0 Å². The molecule has 1 aromatic heterocycles. The Hall–Kier alpha value is -2.07. The number of nitrogens with zero attached hydrogens (tertiary/aromatic N) is 3. The van der Waals surface area contributed by atoms with Crippen LogP contribution in [-0.2, 0) is 12.6 Å². The van der Waals surface area contributed by atoms with E-state index in [2.05, 4.69) is 4.98 Å². The zero-order chi connectivity index (χ0) is 17.7. The molecule has 1 aliphatic carbocycles. The first kappa shape index (κ1) is 16.8. The summed E-state index contributed by atoms with van der Waals surface area (Å²) in [5.74, 6) is 0. The Labute approximate surface area is 138 Å². The van der Waals surface area contributed by atoms with Crippen LogP contribution in [0.3, 0.4) is 0 Å². The number of anilines is 1. The van der Waals surface area contributed by atoms with Gasteiger partial charge >= 0.3 is 6.18 Å². The van der Waals surface area contributed by atoms with Crippen LogP contribution in [0.4, 0.5) is 18.9 Å². The van der Waals surface area contributed by atoms with E-state index in [1.165, 1.54) is 0 Å². The molecule has 3 rings (SSSR count). The van der Waals surface area contributed by atoms with Crippen molar-refractivity contribution < 1.29 is 18.3 Å². The summed E-state index contributed by atoms with van der Waals surface area (Å²) >= 11 is 0. The molecule has 7 heteroatoms. The average Bonchev–Trinajstić information content (AvgIpc) is 3.06. The first-order valence-electron chi connectivity index (χ1n) is 7.87. The van der Waals surface area contributed by atoms with Gasteiger partial charge in [-0.1, -0.05) is 12.5 Å². The SMILES string of the molecule is CCC1=Cc2nc(C(F)(F)F)c(C#N)c(N3CCC(C)(O)C3)c2C1. The van der Waals surface area contributed by atoms with Crippen molar-refractivity contribution in [2.24, 2.45) is 0 Å². The van der Waals surface area contributed by atoms with E-state index in [0.29, 0.717) is 30.6 Å². The number of pyridine rings is 1. The monoisotopic (exact) mass is 337 g/mol. The summed E-state index contributed by atoms with van der Waals surface area (Å²) in [7, 11) is 0. The molecule has 1 N–H and O–H groups in total. The third-order valence-electron chi connectivity index (χ3n) is 4.65. The van der Waals surface area contributed by atoms with Crippen LogP contribution in [0.15, 0.2) is 5.57 Å². The fourth-order valence-corrected chi connectivity index (χ4v) is 3.42. The fraction of sp³-hybridized carbons (Fsp3) is 0.529. The molecular weight excluding hydrogens is 319 g/mol. The number of hydrogen-bond donors (Lipinski definition) is 1. The minimum absolute atomic E-state index is 0.205. The van der Waals surface area contributed by atoms with Gasteiger partial charge in [0, 0.05) is 18.7 Å². The first-order valence-corrected chi connectivity index (χ1v) is 7.87. The highest BCUT2D eigenvalue weighted by atomic mass is 19.4. The maximum atomic E-state index is 13.4. The highest BCUT2D eigenvalue weighted by Gasteiger charge is 2.42. The van der Waals surface area contributed by atoms with Gasteiger partial charge in [0.2, 0.25) is 0 Å². The normalized spacial score (nSPS) is 23.2. The predicted octanol–water partition coefficient (Wildman–Crippen LogP) is 3.28. The van der Waals surface area contributed by atoms with Crippen LogP contribution < -0.4 is 4.90 Å². The Bertz CT molecular complexity index is 760. The molecule has 1 unspecified atom stereocenters. The molecule has 0 aromatic carbocycles. The van der Waals surface area contributed by atoms with E-state index < -0.39 is 23.0 Å². The Morgan fingerprint density at radius 2 is 2.17 bits per heavy atom. The second kappa shape index (κ2) is 5.49. The largest absolute Gasteiger partial charge is 0.434 e. The lowest BCUT2D eigenvalue weighted by molar-refractivity contribution is -0.141. The van der Waals surface area contributed by atoms with Gasteiger partial charge in [-0.25, -0.2) is 4.98 Å². The summed E-state index contributed by atoms with van der Waals surface area (Å²) in [5.41, 5.74) is -0.321. The lowest BCUT2D eigenvalue weighted by Gasteiger charge is -2.26. The molecule has 1 atom stereocenters. The summed E-state index contributed by atoms with van der Waals surface area (Å²) < 4.78 is 40.2. The zero-order valence-corrected chi connectivity index (χ0v) is 13.5. The number of β-amino-alcohol motifs (C(OH)–C–C–N with tert-alkyl or cyclic N) is 1. The van der Waals surface area contributed by atoms with Crippen LogP contribution >= 0.6 is 0 Å². The summed E-state index contributed by atoms with van der Waals surface area (Å²) in [6.07, 6.45) is -1.34. The second-order valence-corrected chi connectivity index (χ2v) is 6.66. The van der Waals surface area contributed by atoms with Crippen molar-refractivity contribution in [1.82, 2.24) is 4.98 Å². The molecule has 0 radical (unpaired) electrons. The number of fused-ring (bicyclic) bond motifs is 1. The van der Waals surface area contributed by atoms with Gasteiger partial charge in [-0.3, -0.25) is 0 Å². The Morgan fingerprint density at radius 1 is 1.46 bits per heavy atom. The molecule has 1 aliphatic heterocycles. The van der Waals surface area contributed by atoms with E-state index in [1.807, 2.05) is 6.92 Å². The van der Waals surface area contributed by atoms with Gasteiger partial charge in [-0.2, -0.15) is 18.4 Å². The van der Waals surface area contributed by atoms with Crippen molar-refractivity contribution in [1.29, 1.82) is 5.26 Å². The van der Waals surface area contributed by atoms with E-state index in [1.54, 1.807) is 24.0 Å². The molecule has 0 spiro atoms. The van der Waals surface area contributed by atoms with Crippen LogP contribution in [0.5, 0.6) is 0 Å². The number of rotatable bonds is 2. The van der Waals surface area contributed by atoms with Crippen molar-refractivity contribution >= 4 is 11.8 Å². The third-order valence-corrected chi connectivity index (χ3v) is 4.65. The first-order chi connectivity index (χ1) is 11.2. The molecule has 128 valence electrons. The van der Waals surface area contributed by atoms with Gasteiger partial charge < -0.3 is 10.0 Å². The minimum Gasteiger partial charge on any atom is -0.388 e. The van der Waals surface area contributed by atoms with Crippen molar-refractivity contribution in [2.75, 3.05) is 18.0 Å². The Kier molecular flexibility index (Phi) is 3.83. The molecule has 0 amide bonds. The summed E-state index contributed by atoms with van der Waals surface area (Å²) in [4.78, 5) is 5.44. The lowest BCUT2D eigenvalue weighted by atomic mass is 10.0. The van der Waals surface area contributed by atoms with Crippen LogP contribution in [0.25, 0.3) is 6.08 Å². The van der Waals surface area contributed by atoms with Crippen LogP contribution in [-0.4, -0.2) is 28.8 Å². The quantitative estimate of drug-likeness (QED) is 0.900. The highest BCUT2D eigenvalue weighted by molar-refractivity contribution is 5.76. The van der Waals surface area contributed by atoms with E-state index in [4.69, 9.17) is 0 Å². The molecule has 24 heavy (non-hydrogen) atoms. The van der Waals surface area contributed by atoms with Gasteiger partial charge in [-0.05, 0) is 32.3 Å². The van der Waals surface area contributed by atoms with Crippen LogP contribution in [0, 0.1) is 11.3 Å². The third kappa shape index (κ3) is 2.75. The summed E-state index contributed by atoms with van der Waals surface area (Å²) in [6.45, 7) is 4.21. The molecule has 4 nitrogen and oxygen atoms in total. The van der Waals surface area contributed by atoms with Crippen molar-refractivity contribution in [2.45, 2.75) is 44.9 Å². The van der Waals surface area contributed by atoms with Gasteiger partial charge in [-0.15, -0.1) is 0 Å². The smallest absolute Gasteiger partial charge is 0.388 e. The average molecular weight is 337 g/mol. The van der Waals surface area contributed by atoms with E-state index >= 15 is 0 Å². The number of aliphatic hydroxyl groups is 1. The molecular formula is C17H18F3N3O. The fourth-order valence-electron chi connectivity index (χ4n) is 3.42. The molecule has 1 aromatic rings. The maximum absolute atomic E-state index is 13.4. The van der Waals surface area contributed by atoms with E-state index in [-0.39, 0.29) is 12.2 Å². The van der Waals surface area contributed by atoms with E-state index in [0.717, 1.165) is 12.0 Å². The zero-order valence-electron chi connectivity index (χ0n) is 13.5. The number of hydrogen-bond acceptors (Lipinski definition) is 4. The lowest BCUT2D eigenvalue weighted by Crippen LogP contribution is -2.31. The van der Waals surface area contributed by atoms with Crippen LogP contribution in [0.1, 0.15) is 49.2 Å². The van der Waals surface area contributed by atoms with E-state index in [9.17, 15) is 23.5 Å². The summed E-state index contributed by atoms with van der Waals surface area (Å²) in [5, 5.41) is 19.6. The molecule has 2 aliphatic rings. The number of halogens is 3. The Balaban J connectivity index is 2.22. The summed E-state index contributed by atoms with van der Waals surface area (Å²) in [6, 6.07) is 1.71. The van der Waals surface area contributed by atoms with Crippen molar-refractivity contribution in [3.8, 4) is 6.07 Å². The van der Waals surface area contributed by atoms with Crippen molar-refractivity contribution in [3.63, 3.8) is 0 Å². The van der Waals surface area contributed by atoms with Gasteiger partial charge in [0.05, 0.1) is 17.0 Å². The van der Waals surface area contributed by atoms with Crippen molar-refractivity contribution in [3.05, 3.63) is 28.1 Å².